The number of amides is 1. The van der Waals surface area contributed by atoms with Crippen molar-refractivity contribution in [3.05, 3.63) is 69.2 Å². The van der Waals surface area contributed by atoms with Crippen LogP contribution in [-0.2, 0) is 0 Å². The van der Waals surface area contributed by atoms with Crippen LogP contribution in [0.1, 0.15) is 15.9 Å². The Hall–Kier alpha value is -2.30. The number of nitrogens with zero attached hydrogens (tertiary/aromatic N) is 1. The van der Waals surface area contributed by atoms with Gasteiger partial charge in [0.25, 0.3) is 5.91 Å². The number of carbonyl (C=O) groups is 1. The van der Waals surface area contributed by atoms with Gasteiger partial charge in [0.2, 0.25) is 5.55 Å². The first-order valence-electron chi connectivity index (χ1n) is 6.79. The number of para-hydroxylation sites is 1. The first-order valence-corrected chi connectivity index (χ1v) is 7.54. The zero-order chi connectivity index (χ0) is 16.6. The lowest BCUT2D eigenvalue weighted by atomic mass is 10.1. The van der Waals surface area contributed by atoms with Gasteiger partial charge < -0.3 is 10.2 Å². The quantitative estimate of drug-likeness (QED) is 0.747. The molecule has 0 spiro atoms. The van der Waals surface area contributed by atoms with Gasteiger partial charge in [-0.05, 0) is 36.8 Å². The molecule has 6 heteroatoms. The molecule has 0 saturated carbocycles. The fourth-order valence-corrected chi connectivity index (χ4v) is 2.77. The Kier molecular flexibility index (Phi) is 4.11. The molecule has 0 radical (unpaired) electrons. The topological polar surface area (TPSA) is 68.6 Å². The van der Waals surface area contributed by atoms with Crippen LogP contribution >= 0.6 is 23.2 Å². The van der Waals surface area contributed by atoms with E-state index in [9.17, 15) is 4.79 Å². The molecule has 116 valence electrons. The Bertz CT molecular complexity index is 994. The lowest BCUT2D eigenvalue weighted by Crippen LogP contribution is -2.21. The van der Waals surface area contributed by atoms with Crippen molar-refractivity contribution in [2.45, 2.75) is 6.92 Å². The number of hydrogen-bond acceptors (Lipinski definition) is 3. The zero-order valence-corrected chi connectivity index (χ0v) is 13.7. The highest BCUT2D eigenvalue weighted by atomic mass is 35.5. The average molecular weight is 347 g/mol. The Morgan fingerprint density at radius 1 is 1.17 bits per heavy atom. The van der Waals surface area contributed by atoms with Gasteiger partial charge in [0.05, 0.1) is 10.7 Å². The van der Waals surface area contributed by atoms with Crippen molar-refractivity contribution >= 4 is 45.8 Å². The van der Waals surface area contributed by atoms with E-state index in [-0.39, 0.29) is 11.1 Å². The second-order valence-electron chi connectivity index (χ2n) is 5.03. The minimum absolute atomic E-state index is 0.114. The van der Waals surface area contributed by atoms with Gasteiger partial charge in [0, 0.05) is 10.4 Å². The predicted octanol–water partition coefficient (Wildman–Crippen LogP) is 4.38. The van der Waals surface area contributed by atoms with Crippen LogP contribution in [0, 0.1) is 6.92 Å². The van der Waals surface area contributed by atoms with Crippen LogP contribution in [0.4, 0.5) is 5.69 Å². The van der Waals surface area contributed by atoms with Crippen LogP contribution in [0.3, 0.4) is 0 Å². The first kappa shape index (κ1) is 15.6. The molecule has 2 aromatic carbocycles. The number of rotatable bonds is 2. The molecule has 2 N–H and O–H groups in total. The van der Waals surface area contributed by atoms with Crippen molar-refractivity contribution in [3.8, 4) is 0 Å². The smallest absolute Gasteiger partial charge is 0.254 e. The van der Waals surface area contributed by atoms with Crippen molar-refractivity contribution in [3.63, 3.8) is 0 Å². The monoisotopic (exact) mass is 346 g/mol. The molecule has 0 aliphatic carbocycles. The van der Waals surface area contributed by atoms with Gasteiger partial charge in [-0.2, -0.15) is 0 Å². The van der Waals surface area contributed by atoms with Gasteiger partial charge >= 0.3 is 0 Å². The van der Waals surface area contributed by atoms with E-state index in [1.807, 2.05) is 31.2 Å². The maximum atomic E-state index is 11.7. The number of fused-ring (bicyclic) bond motifs is 1. The van der Waals surface area contributed by atoms with Crippen molar-refractivity contribution in [2.24, 2.45) is 10.7 Å². The minimum Gasteiger partial charge on any atom is -0.436 e. The Labute approximate surface area is 142 Å². The van der Waals surface area contributed by atoms with Crippen LogP contribution in [0.25, 0.3) is 11.0 Å². The van der Waals surface area contributed by atoms with Gasteiger partial charge in [-0.15, -0.1) is 0 Å². The van der Waals surface area contributed by atoms with Gasteiger partial charge in [-0.25, -0.2) is 4.99 Å². The number of benzene rings is 2. The molecule has 1 amide bonds. The van der Waals surface area contributed by atoms with E-state index in [4.69, 9.17) is 33.4 Å². The summed E-state index contributed by atoms with van der Waals surface area (Å²) in [5.41, 5.74) is 7.75. The summed E-state index contributed by atoms with van der Waals surface area (Å²) in [6.07, 6.45) is 0. The fraction of sp³-hybridized carbons (Fsp3) is 0.0588. The summed E-state index contributed by atoms with van der Waals surface area (Å²) < 4.78 is 5.74. The number of carbonyl (C=O) groups excluding carboxylic acids is 1. The van der Waals surface area contributed by atoms with Gasteiger partial charge in [-0.3, -0.25) is 4.79 Å². The van der Waals surface area contributed by atoms with E-state index in [1.165, 1.54) is 0 Å². The van der Waals surface area contributed by atoms with Crippen LogP contribution in [0.2, 0.25) is 10.0 Å². The van der Waals surface area contributed by atoms with E-state index in [1.54, 1.807) is 18.2 Å². The van der Waals surface area contributed by atoms with E-state index in [0.717, 1.165) is 5.56 Å². The number of hydrogen-bond donors (Lipinski definition) is 1. The summed E-state index contributed by atoms with van der Waals surface area (Å²) in [5.74, 6) is -0.640. The van der Waals surface area contributed by atoms with Crippen molar-refractivity contribution in [1.29, 1.82) is 0 Å². The number of nitrogens with two attached hydrogens (primary N) is 1. The molecule has 23 heavy (non-hydrogen) atoms. The average Bonchev–Trinajstić information content (AvgIpc) is 2.49. The molecule has 0 saturated heterocycles. The molecule has 0 unspecified atom stereocenters. The van der Waals surface area contributed by atoms with E-state index < -0.39 is 5.91 Å². The maximum Gasteiger partial charge on any atom is 0.254 e. The Morgan fingerprint density at radius 3 is 2.61 bits per heavy atom. The zero-order valence-electron chi connectivity index (χ0n) is 12.1. The van der Waals surface area contributed by atoms with Crippen LogP contribution in [0.5, 0.6) is 0 Å². The molecular formula is C17H12Cl2N2O2. The number of halogens is 2. The summed E-state index contributed by atoms with van der Waals surface area (Å²) in [6, 6.07) is 12.3. The van der Waals surface area contributed by atoms with Crippen molar-refractivity contribution < 1.29 is 9.21 Å². The molecule has 1 heterocycles. The molecule has 0 aliphatic heterocycles. The molecule has 3 rings (SSSR count). The normalized spacial score (nSPS) is 11.9. The highest BCUT2D eigenvalue weighted by molar-refractivity contribution is 6.38. The second kappa shape index (κ2) is 6.07. The van der Waals surface area contributed by atoms with E-state index in [0.29, 0.717) is 26.7 Å². The largest absolute Gasteiger partial charge is 0.436 e. The number of aryl methyl sites for hydroxylation is 1. The number of primary amides is 1. The highest BCUT2D eigenvalue weighted by Gasteiger charge is 2.12. The van der Waals surface area contributed by atoms with E-state index >= 15 is 0 Å². The summed E-state index contributed by atoms with van der Waals surface area (Å²) in [7, 11) is 0. The Morgan fingerprint density at radius 2 is 1.91 bits per heavy atom. The highest BCUT2D eigenvalue weighted by Crippen LogP contribution is 2.27. The summed E-state index contributed by atoms with van der Waals surface area (Å²) in [5, 5.41) is 1.36. The molecule has 0 atom stereocenters. The molecule has 0 fully saturated rings. The predicted molar refractivity (Wildman–Crippen MR) is 91.2 cm³/mol. The fourth-order valence-electron chi connectivity index (χ4n) is 2.22. The van der Waals surface area contributed by atoms with Crippen molar-refractivity contribution in [1.82, 2.24) is 0 Å². The molecular weight excluding hydrogens is 335 g/mol. The standard InChI is InChI=1S/C17H12Cl2N2O2/c1-9-4-2-3-5-14(9)21-17-12(16(20)22)7-10-6-11(18)8-13(19)15(10)23-17/h2-8H,1H3,(H2,20,22). The first-order chi connectivity index (χ1) is 11.0. The lowest BCUT2D eigenvalue weighted by Gasteiger charge is -2.05. The lowest BCUT2D eigenvalue weighted by molar-refractivity contribution is 0.0996. The third kappa shape index (κ3) is 3.09. The summed E-state index contributed by atoms with van der Waals surface area (Å²) in [6.45, 7) is 1.91. The van der Waals surface area contributed by atoms with Gasteiger partial charge in [-0.1, -0.05) is 41.4 Å². The SMILES string of the molecule is Cc1ccccc1N=c1oc2c(Cl)cc(Cl)cc2cc1C(N)=O. The summed E-state index contributed by atoms with van der Waals surface area (Å²) in [4.78, 5) is 16.2. The van der Waals surface area contributed by atoms with Gasteiger partial charge in [0.1, 0.15) is 5.56 Å². The third-order valence-corrected chi connectivity index (χ3v) is 3.87. The minimum atomic E-state index is -0.640. The summed E-state index contributed by atoms with van der Waals surface area (Å²) >= 11 is 12.1. The van der Waals surface area contributed by atoms with Crippen LogP contribution in [-0.4, -0.2) is 5.91 Å². The molecule has 3 aromatic rings. The van der Waals surface area contributed by atoms with E-state index in [2.05, 4.69) is 4.99 Å². The molecule has 1 aromatic heterocycles. The van der Waals surface area contributed by atoms with Gasteiger partial charge in [0.15, 0.2) is 5.58 Å². The molecule has 4 nitrogen and oxygen atoms in total. The third-order valence-electron chi connectivity index (χ3n) is 3.37. The molecule has 0 bridgehead atoms. The Balaban J connectivity index is 2.37. The maximum absolute atomic E-state index is 11.7. The van der Waals surface area contributed by atoms with Crippen molar-refractivity contribution in [2.75, 3.05) is 0 Å². The van der Waals surface area contributed by atoms with Crippen LogP contribution in [0.15, 0.2) is 51.9 Å². The molecule has 0 aliphatic rings. The van der Waals surface area contributed by atoms with Crippen LogP contribution < -0.4 is 11.3 Å². The second-order valence-corrected chi connectivity index (χ2v) is 5.88.